The average molecular weight is 272 g/mol. The second-order valence-corrected chi connectivity index (χ2v) is 6.25. The van der Waals surface area contributed by atoms with Crippen molar-refractivity contribution in [2.75, 3.05) is 0 Å². The quantitative estimate of drug-likeness (QED) is 0.723. The van der Waals surface area contributed by atoms with Crippen LogP contribution in [0.3, 0.4) is 0 Å². The van der Waals surface area contributed by atoms with Gasteiger partial charge < -0.3 is 14.9 Å². The highest BCUT2D eigenvalue weighted by Crippen LogP contribution is 2.39. The summed E-state index contributed by atoms with van der Waals surface area (Å²) in [6.07, 6.45) is 2.06. The van der Waals surface area contributed by atoms with E-state index in [9.17, 15) is 14.7 Å². The van der Waals surface area contributed by atoms with Crippen LogP contribution in [0.25, 0.3) is 0 Å². The van der Waals surface area contributed by atoms with Crippen molar-refractivity contribution < 1.29 is 24.5 Å². The van der Waals surface area contributed by atoms with Crippen molar-refractivity contribution in [3.05, 3.63) is 0 Å². The number of hydrogen-bond donors (Lipinski definition) is 2. The molecule has 1 fully saturated rings. The van der Waals surface area contributed by atoms with Gasteiger partial charge in [-0.2, -0.15) is 0 Å². The number of hydrogen-bond acceptors (Lipinski definition) is 4. The molecule has 5 heteroatoms. The Morgan fingerprint density at radius 2 is 2.16 bits per heavy atom. The van der Waals surface area contributed by atoms with E-state index in [1.807, 2.05) is 13.8 Å². The van der Waals surface area contributed by atoms with Crippen molar-refractivity contribution in [1.82, 2.24) is 0 Å². The van der Waals surface area contributed by atoms with Gasteiger partial charge in [-0.3, -0.25) is 9.59 Å². The van der Waals surface area contributed by atoms with Crippen LogP contribution < -0.4 is 0 Å². The third-order valence-corrected chi connectivity index (χ3v) is 3.84. The molecule has 0 bridgehead atoms. The van der Waals surface area contributed by atoms with Crippen molar-refractivity contribution in [2.24, 2.45) is 5.41 Å². The zero-order valence-electron chi connectivity index (χ0n) is 11.9. The maximum atomic E-state index is 11.6. The van der Waals surface area contributed by atoms with Crippen LogP contribution in [0.5, 0.6) is 0 Å². The third-order valence-electron chi connectivity index (χ3n) is 3.84. The summed E-state index contributed by atoms with van der Waals surface area (Å²) < 4.78 is 5.33. The molecule has 0 aliphatic carbocycles. The van der Waals surface area contributed by atoms with Gasteiger partial charge in [0.15, 0.2) is 0 Å². The first-order valence-electron chi connectivity index (χ1n) is 6.82. The molecule has 1 aliphatic rings. The molecule has 1 rings (SSSR count). The lowest BCUT2D eigenvalue weighted by Gasteiger charge is -2.42. The molecule has 0 spiro atoms. The summed E-state index contributed by atoms with van der Waals surface area (Å²) in [5, 5.41) is 19.1. The summed E-state index contributed by atoms with van der Waals surface area (Å²) in [5.41, 5.74) is -1.73. The monoisotopic (exact) mass is 272 g/mol. The van der Waals surface area contributed by atoms with Gasteiger partial charge in [-0.25, -0.2) is 0 Å². The Kier molecular flexibility index (Phi) is 4.96. The molecule has 2 N–H and O–H groups in total. The second-order valence-electron chi connectivity index (χ2n) is 6.25. The number of carbonyl (C=O) groups excluding carboxylic acids is 1. The van der Waals surface area contributed by atoms with Gasteiger partial charge in [0.05, 0.1) is 18.4 Å². The molecule has 2 unspecified atom stereocenters. The summed E-state index contributed by atoms with van der Waals surface area (Å²) in [6, 6.07) is 0. The zero-order valence-corrected chi connectivity index (χ0v) is 11.9. The van der Waals surface area contributed by atoms with Crippen LogP contribution in [-0.2, 0) is 14.3 Å². The van der Waals surface area contributed by atoms with E-state index in [1.165, 1.54) is 0 Å². The van der Waals surface area contributed by atoms with Crippen molar-refractivity contribution >= 4 is 11.9 Å². The molecule has 110 valence electrons. The van der Waals surface area contributed by atoms with E-state index in [1.54, 1.807) is 0 Å². The standard InChI is InChI=1S/C14H24O5/c1-4-5-6-13(2,3)10-7-14(18,8-11(15)16)9-12(17)19-10/h10,18H,4-9H2,1-3H3,(H,15,16). The van der Waals surface area contributed by atoms with E-state index < -0.39 is 30.1 Å². The maximum Gasteiger partial charge on any atom is 0.309 e. The first-order valence-corrected chi connectivity index (χ1v) is 6.82. The van der Waals surface area contributed by atoms with Crippen LogP contribution in [-0.4, -0.2) is 33.9 Å². The molecule has 1 heterocycles. The first-order chi connectivity index (χ1) is 8.68. The van der Waals surface area contributed by atoms with Gasteiger partial charge in [-0.05, 0) is 6.42 Å². The van der Waals surface area contributed by atoms with Crippen molar-refractivity contribution in [3.63, 3.8) is 0 Å². The third kappa shape index (κ3) is 4.49. The molecule has 0 radical (unpaired) electrons. The number of carbonyl (C=O) groups is 2. The summed E-state index contributed by atoms with van der Waals surface area (Å²) >= 11 is 0. The minimum Gasteiger partial charge on any atom is -0.481 e. The number of rotatable bonds is 6. The molecule has 5 nitrogen and oxygen atoms in total. The Morgan fingerprint density at radius 1 is 1.53 bits per heavy atom. The number of ether oxygens (including phenoxy) is 1. The van der Waals surface area contributed by atoms with Crippen LogP contribution in [0.15, 0.2) is 0 Å². The fraction of sp³-hybridized carbons (Fsp3) is 0.857. The summed E-state index contributed by atoms with van der Waals surface area (Å²) in [7, 11) is 0. The highest BCUT2D eigenvalue weighted by molar-refractivity contribution is 5.75. The number of esters is 1. The van der Waals surface area contributed by atoms with Gasteiger partial charge in [0.2, 0.25) is 0 Å². The minimum absolute atomic E-state index is 0.196. The fourth-order valence-electron chi connectivity index (χ4n) is 2.57. The average Bonchev–Trinajstić information content (AvgIpc) is 2.23. The Labute approximate surface area is 114 Å². The van der Waals surface area contributed by atoms with Gasteiger partial charge in [0.25, 0.3) is 0 Å². The molecule has 19 heavy (non-hydrogen) atoms. The topological polar surface area (TPSA) is 83.8 Å². The lowest BCUT2D eigenvalue weighted by atomic mass is 9.74. The van der Waals surface area contributed by atoms with Crippen LogP contribution >= 0.6 is 0 Å². The van der Waals surface area contributed by atoms with E-state index in [-0.39, 0.29) is 18.3 Å². The highest BCUT2D eigenvalue weighted by Gasteiger charge is 2.46. The molecular weight excluding hydrogens is 248 g/mol. The smallest absolute Gasteiger partial charge is 0.309 e. The Hall–Kier alpha value is -1.10. The molecule has 2 atom stereocenters. The molecule has 0 aromatic carbocycles. The lowest BCUT2D eigenvalue weighted by molar-refractivity contribution is -0.184. The zero-order chi connectivity index (χ0) is 14.7. The lowest BCUT2D eigenvalue weighted by Crippen LogP contribution is -2.49. The predicted octanol–water partition coefficient (Wildman–Crippen LogP) is 2.11. The molecule has 0 aromatic rings. The summed E-state index contributed by atoms with van der Waals surface area (Å²) in [6.45, 7) is 6.07. The predicted molar refractivity (Wildman–Crippen MR) is 69.6 cm³/mol. The largest absolute Gasteiger partial charge is 0.481 e. The Bertz CT molecular complexity index is 346. The molecule has 0 aromatic heterocycles. The molecule has 0 saturated carbocycles. The second kappa shape index (κ2) is 5.90. The van der Waals surface area contributed by atoms with E-state index in [0.717, 1.165) is 19.3 Å². The first kappa shape index (κ1) is 16.0. The number of cyclic esters (lactones) is 1. The van der Waals surface area contributed by atoms with Crippen LogP contribution in [0, 0.1) is 5.41 Å². The number of carboxylic acid groups (broad SMARTS) is 1. The van der Waals surface area contributed by atoms with Crippen molar-refractivity contribution in [1.29, 1.82) is 0 Å². The molecule has 0 amide bonds. The van der Waals surface area contributed by atoms with E-state index in [2.05, 4.69) is 6.92 Å². The van der Waals surface area contributed by atoms with Crippen LogP contribution in [0.1, 0.15) is 59.3 Å². The van der Waals surface area contributed by atoms with Crippen LogP contribution in [0.2, 0.25) is 0 Å². The summed E-state index contributed by atoms with van der Waals surface area (Å²) in [4.78, 5) is 22.4. The SMILES string of the molecule is CCCCC(C)(C)C1CC(O)(CC(=O)O)CC(=O)O1. The number of unbranched alkanes of at least 4 members (excludes halogenated alkanes) is 1. The van der Waals surface area contributed by atoms with Gasteiger partial charge in [-0.1, -0.05) is 33.6 Å². The summed E-state index contributed by atoms with van der Waals surface area (Å²) in [5.74, 6) is -1.60. The molecule has 1 aliphatic heterocycles. The molecular formula is C14H24O5. The fourth-order valence-corrected chi connectivity index (χ4v) is 2.57. The molecule has 1 saturated heterocycles. The number of aliphatic carboxylic acids is 1. The van der Waals surface area contributed by atoms with Crippen molar-refractivity contribution in [2.45, 2.75) is 71.0 Å². The van der Waals surface area contributed by atoms with Crippen molar-refractivity contribution in [3.8, 4) is 0 Å². The number of carboxylic acids is 1. The Balaban J connectivity index is 2.79. The van der Waals surface area contributed by atoms with Gasteiger partial charge in [0, 0.05) is 11.8 Å². The van der Waals surface area contributed by atoms with Gasteiger partial charge in [0.1, 0.15) is 6.10 Å². The van der Waals surface area contributed by atoms with E-state index in [0.29, 0.717) is 0 Å². The number of aliphatic hydroxyl groups is 1. The van der Waals surface area contributed by atoms with Gasteiger partial charge in [-0.15, -0.1) is 0 Å². The minimum atomic E-state index is -1.48. The highest BCUT2D eigenvalue weighted by atomic mass is 16.5. The van der Waals surface area contributed by atoms with Gasteiger partial charge >= 0.3 is 11.9 Å². The van der Waals surface area contributed by atoms with E-state index >= 15 is 0 Å². The van der Waals surface area contributed by atoms with Crippen LogP contribution in [0.4, 0.5) is 0 Å². The van der Waals surface area contributed by atoms with E-state index in [4.69, 9.17) is 9.84 Å². The Morgan fingerprint density at radius 3 is 2.68 bits per heavy atom. The normalized spacial score (nSPS) is 28.0. The maximum absolute atomic E-state index is 11.6.